The monoisotopic (exact) mass is 225 g/mol. The second-order valence-electron chi connectivity index (χ2n) is 4.55. The molecule has 1 aliphatic carbocycles. The van der Waals surface area contributed by atoms with Crippen LogP contribution in [0.4, 0.5) is 0 Å². The van der Waals surface area contributed by atoms with Gasteiger partial charge in [-0.05, 0) is 18.8 Å². The van der Waals surface area contributed by atoms with E-state index in [9.17, 15) is 9.59 Å². The normalized spacial score (nSPS) is 25.6. The summed E-state index contributed by atoms with van der Waals surface area (Å²) in [5, 5.41) is 8.44. The fourth-order valence-electron chi connectivity index (χ4n) is 2.19. The molecular formula is C12H19NO3. The summed E-state index contributed by atoms with van der Waals surface area (Å²) in [7, 11) is 1.75. The third-order valence-corrected chi connectivity index (χ3v) is 3.17. The molecule has 2 atom stereocenters. The van der Waals surface area contributed by atoms with Crippen molar-refractivity contribution in [1.82, 2.24) is 4.90 Å². The maximum atomic E-state index is 11.6. The molecule has 0 bridgehead atoms. The van der Waals surface area contributed by atoms with E-state index in [-0.39, 0.29) is 11.9 Å². The van der Waals surface area contributed by atoms with E-state index in [1.807, 2.05) is 0 Å². The summed E-state index contributed by atoms with van der Waals surface area (Å²) in [4.78, 5) is 23.6. The van der Waals surface area contributed by atoms with Gasteiger partial charge in [0.2, 0.25) is 5.91 Å². The quantitative estimate of drug-likeness (QED) is 0.743. The summed E-state index contributed by atoms with van der Waals surface area (Å²) in [6, 6.07) is 0.259. The Bertz CT molecular complexity index is 299. The molecule has 0 saturated heterocycles. The number of hydrogen-bond donors (Lipinski definition) is 1. The predicted octanol–water partition coefficient (Wildman–Crippen LogP) is 1.66. The van der Waals surface area contributed by atoms with E-state index in [4.69, 9.17) is 5.11 Å². The van der Waals surface area contributed by atoms with Gasteiger partial charge in [0.15, 0.2) is 0 Å². The van der Waals surface area contributed by atoms with Crippen LogP contribution in [0.3, 0.4) is 0 Å². The smallest absolute Gasteiger partial charge is 0.328 e. The summed E-state index contributed by atoms with van der Waals surface area (Å²) >= 11 is 0. The molecule has 0 aromatic rings. The van der Waals surface area contributed by atoms with Gasteiger partial charge in [-0.1, -0.05) is 19.8 Å². The molecule has 0 radical (unpaired) electrons. The molecule has 1 saturated carbocycles. The molecule has 16 heavy (non-hydrogen) atoms. The Kier molecular flexibility index (Phi) is 4.52. The summed E-state index contributed by atoms with van der Waals surface area (Å²) in [6.07, 6.45) is 6.43. The SMILES string of the molecule is CC1CCCC(N(C)C(=O)/C=C/C(=O)O)C1. The Balaban J connectivity index is 2.52. The van der Waals surface area contributed by atoms with Crippen LogP contribution >= 0.6 is 0 Å². The number of hydrogen-bond acceptors (Lipinski definition) is 2. The highest BCUT2D eigenvalue weighted by Crippen LogP contribution is 2.26. The van der Waals surface area contributed by atoms with Crippen LogP contribution in [0.25, 0.3) is 0 Å². The van der Waals surface area contributed by atoms with Crippen molar-refractivity contribution in [3.05, 3.63) is 12.2 Å². The predicted molar refractivity (Wildman–Crippen MR) is 61.0 cm³/mol. The molecule has 0 heterocycles. The van der Waals surface area contributed by atoms with Crippen molar-refractivity contribution >= 4 is 11.9 Å². The maximum Gasteiger partial charge on any atom is 0.328 e. The van der Waals surface area contributed by atoms with Gasteiger partial charge in [0.05, 0.1) is 0 Å². The lowest BCUT2D eigenvalue weighted by Crippen LogP contribution is -2.39. The molecule has 4 heteroatoms. The van der Waals surface area contributed by atoms with Crippen molar-refractivity contribution in [3.8, 4) is 0 Å². The second kappa shape index (κ2) is 5.68. The highest BCUT2D eigenvalue weighted by atomic mass is 16.4. The number of carbonyl (C=O) groups excluding carboxylic acids is 1. The number of nitrogens with zero attached hydrogens (tertiary/aromatic N) is 1. The minimum absolute atomic E-state index is 0.221. The molecule has 1 aliphatic rings. The van der Waals surface area contributed by atoms with Crippen molar-refractivity contribution in [2.24, 2.45) is 5.92 Å². The first-order valence-corrected chi connectivity index (χ1v) is 5.68. The second-order valence-corrected chi connectivity index (χ2v) is 4.55. The number of aliphatic carboxylic acids is 1. The van der Waals surface area contributed by atoms with Crippen LogP contribution < -0.4 is 0 Å². The molecule has 1 N–H and O–H groups in total. The third kappa shape index (κ3) is 3.68. The average molecular weight is 225 g/mol. The standard InChI is InChI=1S/C12H19NO3/c1-9-4-3-5-10(8-9)13(2)11(14)6-7-12(15)16/h6-7,9-10H,3-5,8H2,1-2H3,(H,15,16)/b7-6+. The molecule has 0 aliphatic heterocycles. The van der Waals surface area contributed by atoms with E-state index < -0.39 is 5.97 Å². The van der Waals surface area contributed by atoms with Gasteiger partial charge in [0.1, 0.15) is 0 Å². The molecule has 1 fully saturated rings. The van der Waals surface area contributed by atoms with Gasteiger partial charge in [-0.15, -0.1) is 0 Å². The lowest BCUT2D eigenvalue weighted by molar-refractivity contribution is -0.132. The molecule has 0 spiro atoms. The first-order valence-electron chi connectivity index (χ1n) is 5.68. The zero-order valence-corrected chi connectivity index (χ0v) is 9.85. The fraction of sp³-hybridized carbons (Fsp3) is 0.667. The zero-order chi connectivity index (χ0) is 12.1. The van der Waals surface area contributed by atoms with E-state index >= 15 is 0 Å². The number of rotatable bonds is 3. The van der Waals surface area contributed by atoms with Gasteiger partial charge in [-0.2, -0.15) is 0 Å². The van der Waals surface area contributed by atoms with Crippen molar-refractivity contribution in [1.29, 1.82) is 0 Å². The molecule has 90 valence electrons. The van der Waals surface area contributed by atoms with Crippen LogP contribution in [0.1, 0.15) is 32.6 Å². The lowest BCUT2D eigenvalue weighted by atomic mass is 9.86. The number of carboxylic acids is 1. The Morgan fingerprint density at radius 1 is 1.31 bits per heavy atom. The molecule has 1 amide bonds. The number of amides is 1. The van der Waals surface area contributed by atoms with Crippen molar-refractivity contribution in [2.75, 3.05) is 7.05 Å². The first kappa shape index (κ1) is 12.7. The summed E-state index contributed by atoms with van der Waals surface area (Å²) in [5.41, 5.74) is 0. The Hall–Kier alpha value is -1.32. The molecule has 4 nitrogen and oxygen atoms in total. The Morgan fingerprint density at radius 3 is 2.56 bits per heavy atom. The zero-order valence-electron chi connectivity index (χ0n) is 9.85. The van der Waals surface area contributed by atoms with Crippen molar-refractivity contribution < 1.29 is 14.7 Å². The van der Waals surface area contributed by atoms with Crippen LogP contribution in [0.15, 0.2) is 12.2 Å². The molecule has 1 rings (SSSR count). The summed E-state index contributed by atoms with van der Waals surface area (Å²) < 4.78 is 0. The van der Waals surface area contributed by atoms with Crippen molar-refractivity contribution in [3.63, 3.8) is 0 Å². The molecule has 0 aromatic carbocycles. The highest BCUT2D eigenvalue weighted by Gasteiger charge is 2.24. The topological polar surface area (TPSA) is 57.6 Å². The van der Waals surface area contributed by atoms with Crippen LogP contribution in [0.5, 0.6) is 0 Å². The van der Waals surface area contributed by atoms with Gasteiger partial charge in [0.25, 0.3) is 0 Å². The van der Waals surface area contributed by atoms with E-state index in [0.717, 1.165) is 31.4 Å². The van der Waals surface area contributed by atoms with Gasteiger partial charge >= 0.3 is 5.97 Å². The number of likely N-dealkylation sites (N-methyl/N-ethyl adjacent to an activating group) is 1. The van der Waals surface area contributed by atoms with Crippen LogP contribution in [0.2, 0.25) is 0 Å². The molecular weight excluding hydrogens is 206 g/mol. The first-order chi connectivity index (χ1) is 7.50. The minimum atomic E-state index is -1.08. The highest BCUT2D eigenvalue weighted by molar-refractivity contribution is 5.93. The van der Waals surface area contributed by atoms with E-state index in [2.05, 4.69) is 6.92 Å². The van der Waals surface area contributed by atoms with E-state index in [1.54, 1.807) is 11.9 Å². The minimum Gasteiger partial charge on any atom is -0.478 e. The van der Waals surface area contributed by atoms with Gasteiger partial charge in [-0.25, -0.2) is 4.79 Å². The van der Waals surface area contributed by atoms with E-state index in [0.29, 0.717) is 5.92 Å². The maximum absolute atomic E-state index is 11.6. The molecule has 2 unspecified atom stereocenters. The third-order valence-electron chi connectivity index (χ3n) is 3.17. The Morgan fingerprint density at radius 2 is 2.00 bits per heavy atom. The van der Waals surface area contributed by atoms with Gasteiger partial charge in [-0.3, -0.25) is 4.79 Å². The summed E-state index contributed by atoms with van der Waals surface area (Å²) in [6.45, 7) is 2.19. The van der Waals surface area contributed by atoms with Crippen LogP contribution in [-0.4, -0.2) is 35.0 Å². The number of carboxylic acid groups (broad SMARTS) is 1. The largest absolute Gasteiger partial charge is 0.478 e. The fourth-order valence-corrected chi connectivity index (χ4v) is 2.19. The van der Waals surface area contributed by atoms with Gasteiger partial charge in [0, 0.05) is 25.2 Å². The summed E-state index contributed by atoms with van der Waals surface area (Å²) in [5.74, 6) is -0.655. The van der Waals surface area contributed by atoms with Crippen LogP contribution in [0, 0.1) is 5.92 Å². The Labute approximate surface area is 95.9 Å². The van der Waals surface area contributed by atoms with Gasteiger partial charge < -0.3 is 10.0 Å². The average Bonchev–Trinajstić information content (AvgIpc) is 2.24. The molecule has 0 aromatic heterocycles. The lowest BCUT2D eigenvalue weighted by Gasteiger charge is -2.33. The van der Waals surface area contributed by atoms with Crippen molar-refractivity contribution in [2.45, 2.75) is 38.6 Å². The van der Waals surface area contributed by atoms with Crippen LogP contribution in [-0.2, 0) is 9.59 Å². The van der Waals surface area contributed by atoms with E-state index in [1.165, 1.54) is 6.42 Å². The number of carbonyl (C=O) groups is 2.